The number of fused-ring (bicyclic) bond motifs is 3. The highest BCUT2D eigenvalue weighted by Gasteiger charge is 2.10. The molecule has 5 nitrogen and oxygen atoms in total. The van der Waals surface area contributed by atoms with Crippen molar-refractivity contribution in [3.63, 3.8) is 0 Å². The fourth-order valence-electron chi connectivity index (χ4n) is 3.22. The summed E-state index contributed by atoms with van der Waals surface area (Å²) in [6, 6.07) is 14.4. The highest BCUT2D eigenvalue weighted by molar-refractivity contribution is 6.09. The lowest BCUT2D eigenvalue weighted by molar-refractivity contribution is -0.116. The van der Waals surface area contributed by atoms with Gasteiger partial charge in [-0.15, -0.1) is 0 Å². The van der Waals surface area contributed by atoms with Crippen LogP contribution in [0.5, 0.6) is 0 Å². The maximum atomic E-state index is 12.2. The van der Waals surface area contributed by atoms with Gasteiger partial charge in [0, 0.05) is 46.4 Å². The number of imidazole rings is 1. The Balaban J connectivity index is 1.70. The Bertz CT molecular complexity index is 1010. The summed E-state index contributed by atoms with van der Waals surface area (Å²) in [5, 5.41) is 5.34. The number of aryl methyl sites for hydroxylation is 1. The zero-order chi connectivity index (χ0) is 16.5. The minimum atomic E-state index is -0.0634. The smallest absolute Gasteiger partial charge is 0.244 e. The maximum absolute atomic E-state index is 12.2. The number of aromatic nitrogens is 3. The number of carbonyl (C=O) groups is 1. The van der Waals surface area contributed by atoms with Crippen LogP contribution >= 0.6 is 0 Å². The molecular weight excluding hydrogens is 300 g/mol. The Hall–Kier alpha value is -3.08. The molecule has 4 aromatic rings. The largest absolute Gasteiger partial charge is 0.341 e. The highest BCUT2D eigenvalue weighted by Crippen LogP contribution is 2.30. The molecule has 0 saturated heterocycles. The van der Waals surface area contributed by atoms with E-state index in [-0.39, 0.29) is 12.5 Å². The van der Waals surface area contributed by atoms with Gasteiger partial charge in [-0.25, -0.2) is 4.98 Å². The van der Waals surface area contributed by atoms with E-state index >= 15 is 0 Å². The van der Waals surface area contributed by atoms with Gasteiger partial charge in [0.25, 0.3) is 0 Å². The molecule has 0 fully saturated rings. The standard InChI is InChI=1S/C19H18N4O/c1-2-23-17-6-4-3-5-15(17)16-11-14(7-8-18(16)23)21-19(24)12-22-10-9-20-13-22/h3-11,13H,2,12H2,1H3,(H,21,24). The third-order valence-corrected chi connectivity index (χ3v) is 4.26. The number of carbonyl (C=O) groups excluding carboxylic acids is 1. The quantitative estimate of drug-likeness (QED) is 0.624. The lowest BCUT2D eigenvalue weighted by Gasteiger charge is -2.07. The van der Waals surface area contributed by atoms with Crippen molar-refractivity contribution in [3.05, 3.63) is 61.2 Å². The molecule has 2 heterocycles. The van der Waals surface area contributed by atoms with Crippen LogP contribution in [0.3, 0.4) is 0 Å². The van der Waals surface area contributed by atoms with E-state index in [1.807, 2.05) is 12.1 Å². The van der Waals surface area contributed by atoms with E-state index in [1.54, 1.807) is 23.3 Å². The Labute approximate surface area is 139 Å². The molecule has 2 aromatic heterocycles. The van der Waals surface area contributed by atoms with E-state index in [0.717, 1.165) is 17.6 Å². The predicted octanol–water partition coefficient (Wildman–Crippen LogP) is 3.65. The zero-order valence-electron chi connectivity index (χ0n) is 13.4. The van der Waals surface area contributed by atoms with Crippen molar-refractivity contribution in [1.82, 2.24) is 14.1 Å². The molecule has 0 bridgehead atoms. The summed E-state index contributed by atoms with van der Waals surface area (Å²) in [6.45, 7) is 3.32. The van der Waals surface area contributed by atoms with Gasteiger partial charge in [-0.3, -0.25) is 4.79 Å². The van der Waals surface area contributed by atoms with Crippen molar-refractivity contribution in [2.75, 3.05) is 5.32 Å². The van der Waals surface area contributed by atoms with Gasteiger partial charge in [0.05, 0.1) is 6.33 Å². The van der Waals surface area contributed by atoms with Crippen LogP contribution < -0.4 is 5.32 Å². The first-order valence-electron chi connectivity index (χ1n) is 8.03. The van der Waals surface area contributed by atoms with Gasteiger partial charge in [-0.1, -0.05) is 18.2 Å². The van der Waals surface area contributed by atoms with Gasteiger partial charge in [0.1, 0.15) is 6.54 Å². The molecule has 0 aliphatic rings. The summed E-state index contributed by atoms with van der Waals surface area (Å²) < 4.78 is 4.04. The summed E-state index contributed by atoms with van der Waals surface area (Å²) in [6.07, 6.45) is 5.08. The zero-order valence-corrected chi connectivity index (χ0v) is 13.4. The molecule has 120 valence electrons. The van der Waals surface area contributed by atoms with Crippen molar-refractivity contribution < 1.29 is 4.79 Å². The van der Waals surface area contributed by atoms with Crippen LogP contribution in [0.2, 0.25) is 0 Å². The minimum absolute atomic E-state index is 0.0634. The fourth-order valence-corrected chi connectivity index (χ4v) is 3.22. The molecule has 0 radical (unpaired) electrons. The normalized spacial score (nSPS) is 11.2. The number of benzene rings is 2. The molecule has 1 N–H and O–H groups in total. The maximum Gasteiger partial charge on any atom is 0.244 e. The summed E-state index contributed by atoms with van der Waals surface area (Å²) in [5.74, 6) is -0.0634. The number of anilines is 1. The van der Waals surface area contributed by atoms with Crippen LogP contribution in [0.25, 0.3) is 21.8 Å². The number of nitrogens with one attached hydrogen (secondary N) is 1. The van der Waals surface area contributed by atoms with Crippen LogP contribution in [0.4, 0.5) is 5.69 Å². The monoisotopic (exact) mass is 318 g/mol. The third-order valence-electron chi connectivity index (χ3n) is 4.26. The van der Waals surface area contributed by atoms with Crippen molar-refractivity contribution in [3.8, 4) is 0 Å². The predicted molar refractivity (Wildman–Crippen MR) is 96.0 cm³/mol. The molecule has 4 rings (SSSR count). The lowest BCUT2D eigenvalue weighted by atomic mass is 10.1. The van der Waals surface area contributed by atoms with E-state index in [1.165, 1.54) is 16.4 Å². The number of hydrogen-bond acceptors (Lipinski definition) is 2. The average Bonchev–Trinajstić information content (AvgIpc) is 3.20. The molecule has 24 heavy (non-hydrogen) atoms. The van der Waals surface area contributed by atoms with Crippen molar-refractivity contribution in [2.45, 2.75) is 20.0 Å². The Morgan fingerprint density at radius 2 is 1.96 bits per heavy atom. The van der Waals surface area contributed by atoms with Gasteiger partial charge in [-0.2, -0.15) is 0 Å². The Morgan fingerprint density at radius 1 is 1.12 bits per heavy atom. The van der Waals surface area contributed by atoms with Gasteiger partial charge < -0.3 is 14.5 Å². The summed E-state index contributed by atoms with van der Waals surface area (Å²) in [4.78, 5) is 16.1. The van der Waals surface area contributed by atoms with Crippen LogP contribution in [0.15, 0.2) is 61.2 Å². The SMILES string of the molecule is CCn1c2ccccc2c2cc(NC(=O)Cn3ccnc3)ccc21. The fraction of sp³-hybridized carbons (Fsp3) is 0.158. The molecule has 0 aliphatic heterocycles. The van der Waals surface area contributed by atoms with Crippen LogP contribution in [0.1, 0.15) is 6.92 Å². The Morgan fingerprint density at radius 3 is 2.75 bits per heavy atom. The number of amides is 1. The van der Waals surface area contributed by atoms with Crippen molar-refractivity contribution >= 4 is 33.4 Å². The van der Waals surface area contributed by atoms with E-state index in [2.05, 4.69) is 52.1 Å². The van der Waals surface area contributed by atoms with E-state index in [0.29, 0.717) is 0 Å². The second-order valence-electron chi connectivity index (χ2n) is 5.78. The van der Waals surface area contributed by atoms with Crippen molar-refractivity contribution in [1.29, 1.82) is 0 Å². The van der Waals surface area contributed by atoms with E-state index < -0.39 is 0 Å². The minimum Gasteiger partial charge on any atom is -0.341 e. The summed E-state index contributed by atoms with van der Waals surface area (Å²) >= 11 is 0. The molecule has 0 atom stereocenters. The second kappa shape index (κ2) is 5.85. The molecule has 0 saturated carbocycles. The van der Waals surface area contributed by atoms with Crippen LogP contribution in [-0.4, -0.2) is 20.0 Å². The molecule has 0 spiro atoms. The Kier molecular flexibility index (Phi) is 3.54. The molecule has 2 aromatic carbocycles. The molecular formula is C19H18N4O. The van der Waals surface area contributed by atoms with E-state index in [9.17, 15) is 4.79 Å². The third kappa shape index (κ3) is 2.44. The first kappa shape index (κ1) is 14.5. The number of para-hydroxylation sites is 1. The van der Waals surface area contributed by atoms with Crippen LogP contribution in [-0.2, 0) is 17.9 Å². The molecule has 1 amide bonds. The van der Waals surface area contributed by atoms with Crippen molar-refractivity contribution in [2.24, 2.45) is 0 Å². The summed E-state index contributed by atoms with van der Waals surface area (Å²) in [5.41, 5.74) is 3.22. The summed E-state index contributed by atoms with van der Waals surface area (Å²) in [7, 11) is 0. The first-order valence-corrected chi connectivity index (χ1v) is 8.03. The number of rotatable bonds is 4. The van der Waals surface area contributed by atoms with Gasteiger partial charge in [0.2, 0.25) is 5.91 Å². The lowest BCUT2D eigenvalue weighted by Crippen LogP contribution is -2.17. The number of nitrogens with zero attached hydrogens (tertiary/aromatic N) is 3. The topological polar surface area (TPSA) is 51.9 Å². The van der Waals surface area contributed by atoms with E-state index in [4.69, 9.17) is 0 Å². The van der Waals surface area contributed by atoms with Gasteiger partial charge in [0.15, 0.2) is 0 Å². The molecule has 5 heteroatoms. The number of hydrogen-bond donors (Lipinski definition) is 1. The van der Waals surface area contributed by atoms with Gasteiger partial charge >= 0.3 is 0 Å². The highest BCUT2D eigenvalue weighted by atomic mass is 16.1. The van der Waals surface area contributed by atoms with Gasteiger partial charge in [-0.05, 0) is 31.2 Å². The molecule has 0 aliphatic carbocycles. The second-order valence-corrected chi connectivity index (χ2v) is 5.78. The van der Waals surface area contributed by atoms with Crippen LogP contribution in [0, 0.1) is 0 Å². The first-order chi connectivity index (χ1) is 11.8. The molecule has 0 unspecified atom stereocenters. The average molecular weight is 318 g/mol.